The number of aryl methyl sites for hydroxylation is 1. The molecule has 0 spiro atoms. The van der Waals surface area contributed by atoms with Crippen LogP contribution in [0.1, 0.15) is 11.3 Å². The van der Waals surface area contributed by atoms with E-state index in [4.69, 9.17) is 0 Å². The van der Waals surface area contributed by atoms with E-state index in [2.05, 4.69) is 108 Å². The topological polar surface area (TPSA) is 12.9 Å². The Morgan fingerprint density at radius 3 is 1.39 bits per heavy atom. The summed E-state index contributed by atoms with van der Waals surface area (Å²) in [6.45, 7) is 2.04. The van der Waals surface area contributed by atoms with Gasteiger partial charge >= 0.3 is 0 Å². The van der Waals surface area contributed by atoms with Crippen molar-refractivity contribution >= 4 is 23.2 Å². The van der Waals surface area contributed by atoms with Crippen LogP contribution in [-0.4, -0.2) is 4.98 Å². The first-order valence-corrected chi connectivity index (χ1v) is 11.2. The second-order valence-corrected chi connectivity index (χ2v) is 10.3. The zero-order valence-corrected chi connectivity index (χ0v) is 17.5. The van der Waals surface area contributed by atoms with E-state index in [0.717, 1.165) is 11.9 Å². The zero-order chi connectivity index (χ0) is 18.5. The number of aromatic nitrogens is 1. The average Bonchev–Trinajstić information content (AvgIpc) is 2.75. The Morgan fingerprint density at radius 2 is 1.04 bits per heavy atom. The summed E-state index contributed by atoms with van der Waals surface area (Å²) in [6.07, 6.45) is 3.01. The summed E-state index contributed by atoms with van der Waals surface area (Å²) in [7, 11) is -1.83. The predicted molar refractivity (Wildman–Crippen MR) is 118 cm³/mol. The standard InChI is InChI=1S/C25H23NP.ClH/c1-21-17-18-22(19-26-21)20-27(23-11-5-2-6-12-23,24-13-7-3-8-14-24)25-15-9-4-10-16-25;/h2-19H,20H2,1H3;1H/q+1;/p-1. The van der Waals surface area contributed by atoms with Crippen molar-refractivity contribution in [1.29, 1.82) is 0 Å². The van der Waals surface area contributed by atoms with Gasteiger partial charge in [-0.1, -0.05) is 60.7 Å². The molecule has 0 unspecified atom stereocenters. The average molecular weight is 404 g/mol. The molecule has 0 aliphatic rings. The summed E-state index contributed by atoms with van der Waals surface area (Å²) in [5.41, 5.74) is 2.34. The number of rotatable bonds is 5. The third-order valence-corrected chi connectivity index (χ3v) is 9.36. The molecule has 28 heavy (non-hydrogen) atoms. The fraction of sp³-hybridized carbons (Fsp3) is 0.0800. The molecule has 0 bridgehead atoms. The highest BCUT2D eigenvalue weighted by atomic mass is 35.5. The van der Waals surface area contributed by atoms with Crippen LogP contribution >= 0.6 is 7.26 Å². The van der Waals surface area contributed by atoms with Gasteiger partial charge in [-0.3, -0.25) is 4.98 Å². The summed E-state index contributed by atoms with van der Waals surface area (Å²) < 4.78 is 0. The van der Waals surface area contributed by atoms with Gasteiger partial charge in [0.25, 0.3) is 0 Å². The van der Waals surface area contributed by atoms with Gasteiger partial charge in [-0.25, -0.2) is 0 Å². The van der Waals surface area contributed by atoms with Gasteiger partial charge in [-0.15, -0.1) is 0 Å². The van der Waals surface area contributed by atoms with Crippen molar-refractivity contribution in [3.05, 3.63) is 121 Å². The van der Waals surface area contributed by atoms with E-state index in [1.54, 1.807) is 0 Å². The number of hydrogen-bond acceptors (Lipinski definition) is 1. The van der Waals surface area contributed by atoms with Crippen molar-refractivity contribution in [3.8, 4) is 0 Å². The van der Waals surface area contributed by atoms with Crippen molar-refractivity contribution < 1.29 is 12.4 Å². The molecular weight excluding hydrogens is 381 g/mol. The summed E-state index contributed by atoms with van der Waals surface area (Å²) in [5.74, 6) is 0. The molecule has 4 aromatic rings. The van der Waals surface area contributed by atoms with Gasteiger partial charge in [0, 0.05) is 17.5 Å². The maximum atomic E-state index is 4.56. The quantitative estimate of drug-likeness (QED) is 0.464. The molecule has 3 aromatic carbocycles. The van der Waals surface area contributed by atoms with E-state index in [0.29, 0.717) is 0 Å². The highest BCUT2D eigenvalue weighted by molar-refractivity contribution is 7.95. The molecule has 4 rings (SSSR count). The Bertz CT molecular complexity index is 890. The lowest BCUT2D eigenvalue weighted by Gasteiger charge is -2.27. The van der Waals surface area contributed by atoms with Gasteiger partial charge in [0.15, 0.2) is 0 Å². The Hall–Kier alpha value is -2.47. The van der Waals surface area contributed by atoms with E-state index in [1.165, 1.54) is 21.5 Å². The van der Waals surface area contributed by atoms with E-state index >= 15 is 0 Å². The smallest absolute Gasteiger partial charge is 0.116 e. The Morgan fingerprint density at radius 1 is 0.607 bits per heavy atom. The molecule has 1 heterocycles. The predicted octanol–water partition coefficient (Wildman–Crippen LogP) is 1.89. The van der Waals surface area contributed by atoms with Gasteiger partial charge in [0.1, 0.15) is 23.2 Å². The molecule has 0 fully saturated rings. The highest BCUT2D eigenvalue weighted by Gasteiger charge is 2.45. The maximum Gasteiger partial charge on any atom is 0.116 e. The normalized spacial score (nSPS) is 10.9. The Kier molecular flexibility index (Phi) is 6.62. The zero-order valence-electron chi connectivity index (χ0n) is 15.9. The van der Waals surface area contributed by atoms with E-state index in [1.807, 2.05) is 13.1 Å². The Balaban J connectivity index is 0.00000225. The lowest BCUT2D eigenvalue weighted by atomic mass is 10.3. The second kappa shape index (κ2) is 9.15. The van der Waals surface area contributed by atoms with Crippen LogP contribution < -0.4 is 28.3 Å². The molecule has 0 saturated heterocycles. The van der Waals surface area contributed by atoms with Crippen molar-refractivity contribution in [2.24, 2.45) is 0 Å². The molecule has 0 saturated carbocycles. The summed E-state index contributed by atoms with van der Waals surface area (Å²) >= 11 is 0. The fourth-order valence-electron chi connectivity index (χ4n) is 3.63. The van der Waals surface area contributed by atoms with Crippen molar-refractivity contribution in [1.82, 2.24) is 4.98 Å². The minimum atomic E-state index is -1.83. The molecule has 3 heteroatoms. The molecule has 0 amide bonds. The molecule has 1 aromatic heterocycles. The van der Waals surface area contributed by atoms with Crippen LogP contribution in [0.3, 0.4) is 0 Å². The van der Waals surface area contributed by atoms with E-state index in [-0.39, 0.29) is 12.4 Å². The third kappa shape index (κ3) is 4.02. The van der Waals surface area contributed by atoms with Gasteiger partial charge in [0.2, 0.25) is 0 Å². The minimum Gasteiger partial charge on any atom is -1.00 e. The van der Waals surface area contributed by atoms with Crippen LogP contribution in [0.2, 0.25) is 0 Å². The number of pyridine rings is 1. The molecule has 0 N–H and O–H groups in total. The molecule has 0 atom stereocenters. The summed E-state index contributed by atoms with van der Waals surface area (Å²) in [4.78, 5) is 4.56. The van der Waals surface area contributed by atoms with Crippen molar-refractivity contribution in [2.45, 2.75) is 13.1 Å². The molecule has 1 nitrogen and oxygen atoms in total. The summed E-state index contributed by atoms with van der Waals surface area (Å²) in [5, 5.41) is 4.22. The first kappa shape index (κ1) is 20.3. The molecule has 140 valence electrons. The van der Waals surface area contributed by atoms with Crippen LogP contribution in [0.4, 0.5) is 0 Å². The van der Waals surface area contributed by atoms with Gasteiger partial charge in [0.05, 0.1) is 6.16 Å². The maximum absolute atomic E-state index is 4.56. The van der Waals surface area contributed by atoms with E-state index < -0.39 is 7.26 Å². The van der Waals surface area contributed by atoms with Gasteiger partial charge in [-0.05, 0) is 49.4 Å². The lowest BCUT2D eigenvalue weighted by Crippen LogP contribution is -3.00. The van der Waals surface area contributed by atoms with Gasteiger partial charge in [-0.2, -0.15) is 0 Å². The lowest BCUT2D eigenvalue weighted by molar-refractivity contribution is -0.00000542. The van der Waals surface area contributed by atoms with Crippen LogP contribution in [0.15, 0.2) is 109 Å². The first-order chi connectivity index (χ1) is 13.3. The van der Waals surface area contributed by atoms with Crippen LogP contribution in [0, 0.1) is 6.92 Å². The van der Waals surface area contributed by atoms with E-state index in [9.17, 15) is 0 Å². The number of benzene rings is 3. The van der Waals surface area contributed by atoms with Crippen LogP contribution in [-0.2, 0) is 6.16 Å². The number of halogens is 1. The van der Waals surface area contributed by atoms with Crippen LogP contribution in [0.5, 0.6) is 0 Å². The number of nitrogens with zero attached hydrogens (tertiary/aromatic N) is 1. The largest absolute Gasteiger partial charge is 1.00 e. The van der Waals surface area contributed by atoms with Crippen LogP contribution in [0.25, 0.3) is 0 Å². The SMILES string of the molecule is Cc1ccc(C[P+](c2ccccc2)(c2ccccc2)c2ccccc2)cn1.[Cl-]. The molecular formula is C25H23ClNP. The minimum absolute atomic E-state index is 0. The molecule has 0 aliphatic heterocycles. The third-order valence-electron chi connectivity index (χ3n) is 4.98. The fourth-order valence-corrected chi connectivity index (χ4v) is 7.85. The van der Waals surface area contributed by atoms with Crippen molar-refractivity contribution in [3.63, 3.8) is 0 Å². The molecule has 0 aliphatic carbocycles. The Labute approximate surface area is 174 Å². The van der Waals surface area contributed by atoms with Crippen molar-refractivity contribution in [2.75, 3.05) is 0 Å². The highest BCUT2D eigenvalue weighted by Crippen LogP contribution is 2.58. The summed E-state index contributed by atoms with van der Waals surface area (Å²) in [6, 6.07) is 37.3. The number of hydrogen-bond donors (Lipinski definition) is 0. The molecule has 0 radical (unpaired) electrons. The second-order valence-electron chi connectivity index (χ2n) is 6.78. The first-order valence-electron chi connectivity index (χ1n) is 9.25. The van der Waals surface area contributed by atoms with Gasteiger partial charge < -0.3 is 12.4 Å². The monoisotopic (exact) mass is 403 g/mol.